The quantitative estimate of drug-likeness (QED) is 0.887. The van der Waals surface area contributed by atoms with Crippen molar-refractivity contribution in [2.75, 3.05) is 7.11 Å². The molecule has 4 nitrogen and oxygen atoms in total. The number of aryl methyl sites for hydroxylation is 1. The average Bonchev–Trinajstić information content (AvgIpc) is 2.23. The molecule has 0 spiro atoms. The van der Waals surface area contributed by atoms with E-state index in [9.17, 15) is 9.90 Å². The molecule has 0 saturated heterocycles. The standard InChI is InChI=1S/C11H14BrNO3/c1-5-4-7(16-3)9(12)6(2)8(5)10(14)11(13)15/h4,10,14H,1-3H3,(H2,13,15). The van der Waals surface area contributed by atoms with Gasteiger partial charge in [-0.2, -0.15) is 0 Å². The molecule has 0 aliphatic heterocycles. The third-order valence-corrected chi connectivity index (χ3v) is 3.47. The molecular formula is C11H14BrNO3. The molecule has 0 heterocycles. The van der Waals surface area contributed by atoms with Crippen LogP contribution in [-0.2, 0) is 4.79 Å². The molecule has 5 heteroatoms. The number of ether oxygens (including phenoxy) is 1. The summed E-state index contributed by atoms with van der Waals surface area (Å²) in [5.41, 5.74) is 7.14. The van der Waals surface area contributed by atoms with Crippen molar-refractivity contribution in [3.8, 4) is 5.75 Å². The van der Waals surface area contributed by atoms with E-state index in [2.05, 4.69) is 15.9 Å². The van der Waals surface area contributed by atoms with Crippen LogP contribution in [0, 0.1) is 13.8 Å². The first kappa shape index (κ1) is 13.0. The fourth-order valence-corrected chi connectivity index (χ4v) is 2.14. The van der Waals surface area contributed by atoms with E-state index in [1.807, 2.05) is 0 Å². The van der Waals surface area contributed by atoms with Crippen molar-refractivity contribution in [3.63, 3.8) is 0 Å². The number of carbonyl (C=O) groups excluding carboxylic acids is 1. The number of hydrogen-bond donors (Lipinski definition) is 2. The van der Waals surface area contributed by atoms with E-state index in [-0.39, 0.29) is 0 Å². The molecule has 1 rings (SSSR count). The lowest BCUT2D eigenvalue weighted by atomic mass is 9.97. The summed E-state index contributed by atoms with van der Waals surface area (Å²) in [4.78, 5) is 11.0. The highest BCUT2D eigenvalue weighted by Gasteiger charge is 2.21. The van der Waals surface area contributed by atoms with Crippen molar-refractivity contribution in [1.82, 2.24) is 0 Å². The summed E-state index contributed by atoms with van der Waals surface area (Å²) in [6, 6.07) is 1.75. The first-order valence-corrected chi connectivity index (χ1v) is 5.50. The van der Waals surface area contributed by atoms with Crippen LogP contribution in [0.1, 0.15) is 22.8 Å². The van der Waals surface area contributed by atoms with Crippen molar-refractivity contribution < 1.29 is 14.6 Å². The number of rotatable bonds is 3. The summed E-state index contributed by atoms with van der Waals surface area (Å²) in [7, 11) is 1.56. The molecule has 1 aromatic rings. The van der Waals surface area contributed by atoms with Crippen molar-refractivity contribution >= 4 is 21.8 Å². The second-order valence-electron chi connectivity index (χ2n) is 3.55. The Balaban J connectivity index is 3.41. The normalized spacial score (nSPS) is 12.3. The topological polar surface area (TPSA) is 72.6 Å². The molecule has 0 saturated carbocycles. The van der Waals surface area contributed by atoms with E-state index in [0.717, 1.165) is 15.6 Å². The minimum absolute atomic E-state index is 0.528. The van der Waals surface area contributed by atoms with Crippen LogP contribution < -0.4 is 10.5 Å². The molecule has 1 aromatic carbocycles. The maximum atomic E-state index is 11.0. The minimum Gasteiger partial charge on any atom is -0.496 e. The van der Waals surface area contributed by atoms with Gasteiger partial charge >= 0.3 is 0 Å². The van der Waals surface area contributed by atoms with E-state index >= 15 is 0 Å². The summed E-state index contributed by atoms with van der Waals surface area (Å²) >= 11 is 3.35. The average molecular weight is 288 g/mol. The van der Waals surface area contributed by atoms with Gasteiger partial charge in [0.1, 0.15) is 5.75 Å². The van der Waals surface area contributed by atoms with Gasteiger partial charge in [0.05, 0.1) is 11.6 Å². The number of benzene rings is 1. The molecule has 0 aromatic heterocycles. The van der Waals surface area contributed by atoms with Gasteiger partial charge in [-0.25, -0.2) is 0 Å². The maximum absolute atomic E-state index is 11.0. The fraction of sp³-hybridized carbons (Fsp3) is 0.364. The van der Waals surface area contributed by atoms with Gasteiger partial charge in [0.25, 0.3) is 5.91 Å². The predicted octanol–water partition coefficient (Wildman–Crippen LogP) is 1.59. The number of hydrogen-bond acceptors (Lipinski definition) is 3. The van der Waals surface area contributed by atoms with Crippen LogP contribution in [0.25, 0.3) is 0 Å². The van der Waals surface area contributed by atoms with Gasteiger partial charge in [-0.15, -0.1) is 0 Å². The summed E-state index contributed by atoms with van der Waals surface area (Å²) in [6.45, 7) is 3.59. The lowest BCUT2D eigenvalue weighted by Crippen LogP contribution is -2.22. The molecule has 1 unspecified atom stereocenters. The van der Waals surface area contributed by atoms with Crippen LogP contribution in [0.5, 0.6) is 5.75 Å². The monoisotopic (exact) mass is 287 g/mol. The number of amides is 1. The summed E-state index contributed by atoms with van der Waals surface area (Å²) in [5.74, 6) is -0.0984. The van der Waals surface area contributed by atoms with Crippen LogP contribution in [-0.4, -0.2) is 18.1 Å². The highest BCUT2D eigenvalue weighted by molar-refractivity contribution is 9.10. The van der Waals surface area contributed by atoms with Crippen LogP contribution in [0.3, 0.4) is 0 Å². The van der Waals surface area contributed by atoms with E-state index in [4.69, 9.17) is 10.5 Å². The zero-order valence-corrected chi connectivity index (χ0v) is 11.0. The Labute approximate surface area is 103 Å². The number of nitrogens with two attached hydrogens (primary N) is 1. The molecule has 0 aliphatic carbocycles. The van der Waals surface area contributed by atoms with Crippen LogP contribution in [0.4, 0.5) is 0 Å². The van der Waals surface area contributed by atoms with Gasteiger partial charge in [-0.3, -0.25) is 4.79 Å². The second kappa shape index (κ2) is 4.84. The van der Waals surface area contributed by atoms with Crippen molar-refractivity contribution in [1.29, 1.82) is 0 Å². The SMILES string of the molecule is COc1cc(C)c(C(O)C(N)=O)c(C)c1Br. The van der Waals surface area contributed by atoms with Gasteiger partial charge in [0.2, 0.25) is 0 Å². The van der Waals surface area contributed by atoms with Crippen LogP contribution in [0.2, 0.25) is 0 Å². The van der Waals surface area contributed by atoms with Gasteiger partial charge in [0.15, 0.2) is 6.10 Å². The third-order valence-electron chi connectivity index (χ3n) is 2.48. The molecule has 1 atom stereocenters. The molecule has 0 radical (unpaired) electrons. The van der Waals surface area contributed by atoms with E-state index < -0.39 is 12.0 Å². The largest absolute Gasteiger partial charge is 0.496 e. The predicted molar refractivity (Wildman–Crippen MR) is 64.3 cm³/mol. The van der Waals surface area contributed by atoms with Gasteiger partial charge < -0.3 is 15.6 Å². The van der Waals surface area contributed by atoms with Crippen LogP contribution in [0.15, 0.2) is 10.5 Å². The van der Waals surface area contributed by atoms with E-state index in [0.29, 0.717) is 11.3 Å². The van der Waals surface area contributed by atoms with Gasteiger partial charge in [0, 0.05) is 0 Å². The molecule has 0 aliphatic rings. The van der Waals surface area contributed by atoms with E-state index in [1.54, 1.807) is 27.0 Å². The number of primary amides is 1. The Bertz CT molecular complexity index is 432. The highest BCUT2D eigenvalue weighted by Crippen LogP contribution is 2.35. The van der Waals surface area contributed by atoms with Crippen molar-refractivity contribution in [3.05, 3.63) is 27.2 Å². The molecule has 0 bridgehead atoms. The highest BCUT2D eigenvalue weighted by atomic mass is 79.9. The third kappa shape index (κ3) is 2.20. The Kier molecular flexibility index (Phi) is 3.93. The number of methoxy groups -OCH3 is 1. The molecular weight excluding hydrogens is 274 g/mol. The Morgan fingerprint density at radius 2 is 2.12 bits per heavy atom. The van der Waals surface area contributed by atoms with Gasteiger partial charge in [-0.1, -0.05) is 0 Å². The van der Waals surface area contributed by atoms with E-state index in [1.165, 1.54) is 0 Å². The molecule has 88 valence electrons. The molecule has 1 amide bonds. The first-order valence-electron chi connectivity index (χ1n) is 4.71. The maximum Gasteiger partial charge on any atom is 0.250 e. The van der Waals surface area contributed by atoms with Crippen molar-refractivity contribution in [2.45, 2.75) is 20.0 Å². The summed E-state index contributed by atoms with van der Waals surface area (Å²) in [6.07, 6.45) is -1.29. The molecule has 3 N–H and O–H groups in total. The number of carbonyl (C=O) groups is 1. The fourth-order valence-electron chi connectivity index (χ4n) is 1.65. The van der Waals surface area contributed by atoms with Crippen molar-refractivity contribution in [2.24, 2.45) is 5.73 Å². The summed E-state index contributed by atoms with van der Waals surface area (Å²) < 4.78 is 5.88. The lowest BCUT2D eigenvalue weighted by Gasteiger charge is -2.17. The molecule has 0 fully saturated rings. The zero-order chi connectivity index (χ0) is 12.5. The van der Waals surface area contributed by atoms with Crippen LogP contribution >= 0.6 is 15.9 Å². The Hall–Kier alpha value is -1.07. The number of halogens is 1. The Morgan fingerprint density at radius 1 is 1.56 bits per heavy atom. The first-order chi connectivity index (χ1) is 7.40. The smallest absolute Gasteiger partial charge is 0.250 e. The summed E-state index contributed by atoms with van der Waals surface area (Å²) in [5, 5.41) is 9.71. The molecule has 16 heavy (non-hydrogen) atoms. The Morgan fingerprint density at radius 3 is 2.56 bits per heavy atom. The number of aliphatic hydroxyl groups is 1. The second-order valence-corrected chi connectivity index (χ2v) is 4.35. The zero-order valence-electron chi connectivity index (χ0n) is 9.37. The number of aliphatic hydroxyl groups excluding tert-OH is 1. The van der Waals surface area contributed by atoms with Gasteiger partial charge in [-0.05, 0) is 52.5 Å². The minimum atomic E-state index is -1.29. The lowest BCUT2D eigenvalue weighted by molar-refractivity contribution is -0.126.